The molecule has 2 N–H and O–H groups in total. The molecule has 0 aliphatic heterocycles. The van der Waals surface area contributed by atoms with E-state index in [0.29, 0.717) is 9.54 Å². The Bertz CT molecular complexity index is 668. The third kappa shape index (κ3) is 3.27. The quantitative estimate of drug-likeness (QED) is 0.653. The van der Waals surface area contributed by atoms with Gasteiger partial charge in [0.1, 0.15) is 0 Å². The number of benzene rings is 1. The molecular formula is C13H16N4S2. The van der Waals surface area contributed by atoms with Gasteiger partial charge >= 0.3 is 0 Å². The fourth-order valence-corrected chi connectivity index (χ4v) is 2.04. The summed E-state index contributed by atoms with van der Waals surface area (Å²) in [5.41, 5.74) is 2.45. The second kappa shape index (κ2) is 5.22. The number of H-pyrrole nitrogens is 2. The third-order valence-corrected chi connectivity index (χ3v) is 3.31. The zero-order valence-electron chi connectivity index (χ0n) is 11.1. The highest BCUT2D eigenvalue weighted by Crippen LogP contribution is 2.21. The second-order valence-corrected chi connectivity index (χ2v) is 6.06. The molecule has 1 heterocycles. The smallest absolute Gasteiger partial charge is 0.215 e. The summed E-state index contributed by atoms with van der Waals surface area (Å²) >= 11 is 10.1. The fraction of sp³-hybridized carbons (Fsp3) is 0.308. The van der Waals surface area contributed by atoms with Crippen molar-refractivity contribution >= 4 is 30.7 Å². The number of hydrogen-bond acceptors (Lipinski definition) is 3. The van der Waals surface area contributed by atoms with Crippen LogP contribution in [0.25, 0.3) is 0 Å². The number of nitrogens with one attached hydrogen (secondary N) is 2. The molecular weight excluding hydrogens is 276 g/mol. The number of aromatic nitrogens is 3. The van der Waals surface area contributed by atoms with Crippen LogP contribution in [0.15, 0.2) is 29.4 Å². The van der Waals surface area contributed by atoms with Crippen molar-refractivity contribution in [2.24, 2.45) is 5.10 Å². The first-order valence-corrected chi connectivity index (χ1v) is 6.74. The summed E-state index contributed by atoms with van der Waals surface area (Å²) in [6.07, 6.45) is 1.74. The van der Waals surface area contributed by atoms with Crippen molar-refractivity contribution in [1.29, 1.82) is 0 Å². The van der Waals surface area contributed by atoms with Gasteiger partial charge in [-0.2, -0.15) is 9.78 Å². The average molecular weight is 292 g/mol. The maximum atomic E-state index is 5.05. The SMILES string of the molecule is CC(C)(C)c1ccc(/C=N\n2c(=S)[nH][nH]c2=S)cc1. The standard InChI is InChI=1S/C13H16N4S2/c1-13(2,3)10-6-4-9(5-7-10)8-14-17-11(18)15-16-12(17)19/h4-8H,1-3H3,(H,15,18)(H,16,19)/b14-8-. The van der Waals surface area contributed by atoms with Crippen LogP contribution in [-0.2, 0) is 5.41 Å². The molecule has 1 aromatic carbocycles. The molecule has 0 unspecified atom stereocenters. The van der Waals surface area contributed by atoms with Crippen molar-refractivity contribution < 1.29 is 0 Å². The van der Waals surface area contributed by atoms with Crippen molar-refractivity contribution in [1.82, 2.24) is 14.9 Å². The molecule has 0 amide bonds. The Kier molecular flexibility index (Phi) is 3.82. The van der Waals surface area contributed by atoms with E-state index in [2.05, 4.69) is 48.2 Å². The van der Waals surface area contributed by atoms with Gasteiger partial charge in [0.2, 0.25) is 9.54 Å². The van der Waals surface area contributed by atoms with E-state index in [9.17, 15) is 0 Å². The van der Waals surface area contributed by atoms with E-state index >= 15 is 0 Å². The van der Waals surface area contributed by atoms with E-state index in [1.807, 2.05) is 12.1 Å². The lowest BCUT2D eigenvalue weighted by atomic mass is 9.87. The molecule has 0 radical (unpaired) electrons. The van der Waals surface area contributed by atoms with Gasteiger partial charge in [-0.15, -0.1) is 0 Å². The average Bonchev–Trinajstić information content (AvgIpc) is 2.66. The Balaban J connectivity index is 2.26. The highest BCUT2D eigenvalue weighted by atomic mass is 32.1. The predicted molar refractivity (Wildman–Crippen MR) is 82.9 cm³/mol. The molecule has 19 heavy (non-hydrogen) atoms. The van der Waals surface area contributed by atoms with Gasteiger partial charge in [0.25, 0.3) is 0 Å². The largest absolute Gasteiger partial charge is 0.273 e. The number of aromatic amines is 2. The minimum Gasteiger partial charge on any atom is -0.273 e. The van der Waals surface area contributed by atoms with Crippen molar-refractivity contribution in [3.05, 3.63) is 44.9 Å². The highest BCUT2D eigenvalue weighted by Gasteiger charge is 2.12. The minimum absolute atomic E-state index is 0.154. The van der Waals surface area contributed by atoms with Gasteiger partial charge < -0.3 is 0 Å². The van der Waals surface area contributed by atoms with E-state index in [4.69, 9.17) is 24.4 Å². The molecule has 0 saturated heterocycles. The topological polar surface area (TPSA) is 48.9 Å². The Hall–Kier alpha value is -1.53. The van der Waals surface area contributed by atoms with E-state index in [1.54, 1.807) is 6.21 Å². The normalized spacial score (nSPS) is 12.2. The van der Waals surface area contributed by atoms with Crippen LogP contribution >= 0.6 is 24.4 Å². The first-order chi connectivity index (χ1) is 8.88. The molecule has 1 aromatic heterocycles. The van der Waals surface area contributed by atoms with Crippen LogP contribution < -0.4 is 0 Å². The van der Waals surface area contributed by atoms with Crippen LogP contribution in [0.5, 0.6) is 0 Å². The maximum Gasteiger partial charge on any atom is 0.215 e. The van der Waals surface area contributed by atoms with Crippen LogP contribution in [0, 0.1) is 9.54 Å². The Morgan fingerprint density at radius 3 is 2.05 bits per heavy atom. The summed E-state index contributed by atoms with van der Waals surface area (Å²) in [7, 11) is 0. The van der Waals surface area contributed by atoms with Crippen molar-refractivity contribution in [2.45, 2.75) is 26.2 Å². The molecule has 0 aliphatic carbocycles. The molecule has 2 aromatic rings. The second-order valence-electron chi connectivity index (χ2n) is 5.29. The van der Waals surface area contributed by atoms with Gasteiger partial charge in [0.15, 0.2) is 0 Å². The fourth-order valence-electron chi connectivity index (χ4n) is 1.60. The van der Waals surface area contributed by atoms with Crippen molar-refractivity contribution in [3.63, 3.8) is 0 Å². The number of hydrogen-bond donors (Lipinski definition) is 2. The molecule has 0 spiro atoms. The lowest BCUT2D eigenvalue weighted by Crippen LogP contribution is -2.10. The third-order valence-electron chi connectivity index (χ3n) is 2.76. The first-order valence-electron chi connectivity index (χ1n) is 5.92. The van der Waals surface area contributed by atoms with Crippen LogP contribution in [0.4, 0.5) is 0 Å². The summed E-state index contributed by atoms with van der Waals surface area (Å²) in [5.74, 6) is 0. The minimum atomic E-state index is 0.154. The van der Waals surface area contributed by atoms with Gasteiger partial charge in [-0.25, -0.2) is 0 Å². The van der Waals surface area contributed by atoms with Crippen molar-refractivity contribution in [2.75, 3.05) is 0 Å². The highest BCUT2D eigenvalue weighted by molar-refractivity contribution is 7.72. The molecule has 100 valence electrons. The van der Waals surface area contributed by atoms with Crippen LogP contribution in [0.2, 0.25) is 0 Å². The van der Waals surface area contributed by atoms with Gasteiger partial charge in [-0.1, -0.05) is 45.0 Å². The summed E-state index contributed by atoms with van der Waals surface area (Å²) in [4.78, 5) is 0. The molecule has 0 atom stereocenters. The van der Waals surface area contributed by atoms with E-state index < -0.39 is 0 Å². The van der Waals surface area contributed by atoms with Crippen LogP contribution in [-0.4, -0.2) is 21.1 Å². The summed E-state index contributed by atoms with van der Waals surface area (Å²) < 4.78 is 2.38. The monoisotopic (exact) mass is 292 g/mol. The van der Waals surface area contributed by atoms with Crippen LogP contribution in [0.1, 0.15) is 31.9 Å². The van der Waals surface area contributed by atoms with Gasteiger partial charge in [0.05, 0.1) is 6.21 Å². The zero-order chi connectivity index (χ0) is 14.0. The van der Waals surface area contributed by atoms with Gasteiger partial charge in [-0.05, 0) is 41.0 Å². The molecule has 0 aliphatic rings. The number of rotatable bonds is 2. The molecule has 4 nitrogen and oxygen atoms in total. The Morgan fingerprint density at radius 2 is 1.58 bits per heavy atom. The molecule has 0 saturated carbocycles. The first kappa shape index (κ1) is 13.9. The molecule has 0 bridgehead atoms. The van der Waals surface area contributed by atoms with Gasteiger partial charge in [-0.3, -0.25) is 10.2 Å². The predicted octanol–water partition coefficient (Wildman–Crippen LogP) is 3.78. The molecule has 6 heteroatoms. The lowest BCUT2D eigenvalue weighted by Gasteiger charge is -2.18. The van der Waals surface area contributed by atoms with E-state index in [1.165, 1.54) is 10.2 Å². The maximum absolute atomic E-state index is 5.05. The van der Waals surface area contributed by atoms with E-state index in [-0.39, 0.29) is 5.41 Å². The Morgan fingerprint density at radius 1 is 1.05 bits per heavy atom. The molecule has 2 rings (SSSR count). The summed E-state index contributed by atoms with van der Waals surface area (Å²) in [6, 6.07) is 8.29. The molecule has 0 fully saturated rings. The summed E-state index contributed by atoms with van der Waals surface area (Å²) in [5, 5.41) is 9.72. The van der Waals surface area contributed by atoms with Crippen molar-refractivity contribution in [3.8, 4) is 0 Å². The summed E-state index contributed by atoms with van der Waals surface area (Å²) in [6.45, 7) is 6.57. The number of nitrogens with zero attached hydrogens (tertiary/aromatic N) is 2. The van der Waals surface area contributed by atoms with Crippen LogP contribution in [0.3, 0.4) is 0 Å². The van der Waals surface area contributed by atoms with E-state index in [0.717, 1.165) is 5.56 Å². The van der Waals surface area contributed by atoms with Gasteiger partial charge in [0, 0.05) is 0 Å². The zero-order valence-corrected chi connectivity index (χ0v) is 12.7. The lowest BCUT2D eigenvalue weighted by molar-refractivity contribution is 0.590. The Labute approximate surface area is 122 Å².